The fourth-order valence-corrected chi connectivity index (χ4v) is 7.88. The van der Waals surface area contributed by atoms with Crippen LogP contribution in [0, 0.1) is 11.8 Å². The van der Waals surface area contributed by atoms with Gasteiger partial charge in [-0.05, 0) is 43.4 Å². The molecule has 1 aromatic carbocycles. The Bertz CT molecular complexity index is 1250. The van der Waals surface area contributed by atoms with Gasteiger partial charge in [0, 0.05) is 89.3 Å². The average molecular weight is 641 g/mol. The second-order valence-electron chi connectivity index (χ2n) is 13.3. The van der Waals surface area contributed by atoms with Crippen LogP contribution in [0.2, 0.25) is 0 Å². The minimum absolute atomic E-state index is 0.0768. The molecule has 4 aliphatic rings. The second kappa shape index (κ2) is 13.4. The number of piperidine rings is 1. The van der Waals surface area contributed by atoms with Crippen LogP contribution >= 0.6 is 0 Å². The molecule has 0 bridgehead atoms. The lowest BCUT2D eigenvalue weighted by molar-refractivity contribution is -0.145. The first-order valence-corrected chi connectivity index (χ1v) is 15.9. The van der Waals surface area contributed by atoms with E-state index >= 15 is 4.39 Å². The number of methoxy groups -OCH3 is 1. The van der Waals surface area contributed by atoms with Crippen LogP contribution in [0.25, 0.3) is 0 Å². The number of alkyl halides is 4. The molecule has 1 saturated carbocycles. The Balaban J connectivity index is 1.36. The first kappa shape index (κ1) is 33.4. The molecule has 3 saturated heterocycles. The third-order valence-corrected chi connectivity index (χ3v) is 10.3. The van der Waals surface area contributed by atoms with E-state index in [9.17, 15) is 27.6 Å². The number of anilines is 1. The van der Waals surface area contributed by atoms with Crippen LogP contribution in [0.1, 0.15) is 62.0 Å². The van der Waals surface area contributed by atoms with E-state index in [2.05, 4.69) is 4.90 Å². The zero-order valence-electron chi connectivity index (χ0n) is 26.0. The number of halogens is 4. The van der Waals surface area contributed by atoms with Gasteiger partial charge in [0.25, 0.3) is 5.91 Å². The molecule has 9 nitrogen and oxygen atoms in total. The maximum Gasteiger partial charge on any atom is 0.416 e. The van der Waals surface area contributed by atoms with Gasteiger partial charge < -0.3 is 24.5 Å². The summed E-state index contributed by atoms with van der Waals surface area (Å²) in [7, 11) is 2.96. The Morgan fingerprint density at radius 1 is 1.07 bits per heavy atom. The fraction of sp³-hybridized carbons (Fsp3) is 0.719. The summed E-state index contributed by atoms with van der Waals surface area (Å²) in [5.41, 5.74) is -1.76. The molecule has 5 rings (SSSR count). The number of amides is 2. The van der Waals surface area contributed by atoms with Crippen molar-refractivity contribution in [1.29, 1.82) is 0 Å². The number of ether oxygens (including phenoxy) is 1. The quantitative estimate of drug-likeness (QED) is 0.408. The van der Waals surface area contributed by atoms with E-state index in [0.717, 1.165) is 42.7 Å². The lowest BCUT2D eigenvalue weighted by atomic mass is 9.86. The predicted molar refractivity (Wildman–Crippen MR) is 159 cm³/mol. The van der Waals surface area contributed by atoms with Crippen molar-refractivity contribution < 1.29 is 41.8 Å². The monoisotopic (exact) mass is 640 g/mol. The standard InChI is InChI=1S/C32H44F4N4O5/c1-37(18-28(41)42)29(43)21-9-12-38(13-10-21)27-15-23(32(34,35)36)7-8-25(27)26-17-40(16-22(26)19-45-2)30(44)31(33)11-14-39(20-31)24-5-3-4-6-24/h7-8,15,21-22,24,26H,3-6,9-14,16-20H2,1-2H3,(H,41,42)/t22-,26+,31-/m1/s1. The number of likely N-dealkylation sites (tertiary alicyclic amines) is 2. The summed E-state index contributed by atoms with van der Waals surface area (Å²) in [6.45, 7) is 1.49. The largest absolute Gasteiger partial charge is 0.480 e. The third-order valence-electron chi connectivity index (χ3n) is 10.3. The lowest BCUT2D eigenvalue weighted by Crippen LogP contribution is -2.48. The molecule has 0 unspecified atom stereocenters. The highest BCUT2D eigenvalue weighted by Gasteiger charge is 2.51. The maximum atomic E-state index is 16.2. The van der Waals surface area contributed by atoms with Gasteiger partial charge in [-0.2, -0.15) is 13.2 Å². The SMILES string of the molecule is COC[C@H]1CN(C(=O)[C@@]2(F)CCN(C3CCCC3)C2)C[C@@H]1c1ccc(C(F)(F)F)cc1N1CCC(C(=O)N(C)CC(=O)O)CC1. The van der Waals surface area contributed by atoms with Gasteiger partial charge in [-0.15, -0.1) is 0 Å². The topological polar surface area (TPSA) is 93.6 Å². The molecule has 3 heterocycles. The van der Waals surface area contributed by atoms with E-state index in [1.165, 1.54) is 25.1 Å². The highest BCUT2D eigenvalue weighted by atomic mass is 19.4. The number of hydrogen-bond acceptors (Lipinski definition) is 6. The van der Waals surface area contributed by atoms with Gasteiger partial charge in [-0.1, -0.05) is 18.9 Å². The molecule has 3 atom stereocenters. The predicted octanol–water partition coefficient (Wildman–Crippen LogP) is 4.01. The molecule has 0 radical (unpaired) electrons. The number of likely N-dealkylation sites (N-methyl/N-ethyl adjacent to an activating group) is 1. The van der Waals surface area contributed by atoms with Gasteiger partial charge in [0.15, 0.2) is 0 Å². The van der Waals surface area contributed by atoms with Crippen molar-refractivity contribution in [2.75, 3.05) is 71.5 Å². The van der Waals surface area contributed by atoms with Crippen molar-refractivity contribution in [2.24, 2.45) is 11.8 Å². The van der Waals surface area contributed by atoms with Crippen LogP contribution < -0.4 is 4.90 Å². The first-order chi connectivity index (χ1) is 21.3. The number of benzene rings is 1. The van der Waals surface area contributed by atoms with Crippen LogP contribution in [0.4, 0.5) is 23.2 Å². The Kier molecular flexibility index (Phi) is 9.98. The molecule has 250 valence electrons. The summed E-state index contributed by atoms with van der Waals surface area (Å²) < 4.78 is 63.4. The smallest absolute Gasteiger partial charge is 0.416 e. The van der Waals surface area contributed by atoms with Gasteiger partial charge in [0.05, 0.1) is 12.2 Å². The Hall–Kier alpha value is -2.93. The van der Waals surface area contributed by atoms with E-state index in [1.807, 2.05) is 4.90 Å². The first-order valence-electron chi connectivity index (χ1n) is 15.9. The summed E-state index contributed by atoms with van der Waals surface area (Å²) >= 11 is 0. The van der Waals surface area contributed by atoms with Crippen LogP contribution in [0.15, 0.2) is 18.2 Å². The number of carbonyl (C=O) groups excluding carboxylic acids is 2. The number of nitrogens with zero attached hydrogens (tertiary/aromatic N) is 4. The number of aliphatic carboxylic acids is 1. The second-order valence-corrected chi connectivity index (χ2v) is 13.3. The van der Waals surface area contributed by atoms with Gasteiger partial charge in [-0.25, -0.2) is 4.39 Å². The number of rotatable bonds is 9. The van der Waals surface area contributed by atoms with Gasteiger partial charge in [0.2, 0.25) is 11.6 Å². The number of carboxylic acids is 1. The van der Waals surface area contributed by atoms with Crippen LogP contribution in [0.3, 0.4) is 0 Å². The normalized spacial score (nSPS) is 27.0. The van der Waals surface area contributed by atoms with E-state index in [4.69, 9.17) is 9.84 Å². The molecule has 1 N–H and O–H groups in total. The lowest BCUT2D eigenvalue weighted by Gasteiger charge is -2.37. The molecule has 2 amide bonds. The third kappa shape index (κ3) is 7.24. The fourth-order valence-electron chi connectivity index (χ4n) is 7.88. The van der Waals surface area contributed by atoms with E-state index in [-0.39, 0.29) is 50.4 Å². The molecular weight excluding hydrogens is 596 g/mol. The molecule has 13 heteroatoms. The van der Waals surface area contributed by atoms with Gasteiger partial charge in [0.1, 0.15) is 6.54 Å². The van der Waals surface area contributed by atoms with Crippen molar-refractivity contribution in [2.45, 2.75) is 68.8 Å². The van der Waals surface area contributed by atoms with Crippen LogP contribution in [-0.2, 0) is 25.3 Å². The van der Waals surface area contributed by atoms with E-state index in [0.29, 0.717) is 49.8 Å². The number of hydrogen-bond donors (Lipinski definition) is 1. The maximum absolute atomic E-state index is 16.2. The Labute approximate surface area is 261 Å². The van der Waals surface area contributed by atoms with Crippen LogP contribution in [0.5, 0.6) is 0 Å². The molecule has 1 aliphatic carbocycles. The van der Waals surface area contributed by atoms with Crippen molar-refractivity contribution >= 4 is 23.5 Å². The van der Waals surface area contributed by atoms with Gasteiger partial charge in [-0.3, -0.25) is 19.3 Å². The molecule has 0 spiro atoms. The van der Waals surface area contributed by atoms with Crippen molar-refractivity contribution in [3.8, 4) is 0 Å². The molecule has 3 aliphatic heterocycles. The minimum atomic E-state index is -4.57. The Morgan fingerprint density at radius 3 is 2.38 bits per heavy atom. The van der Waals surface area contributed by atoms with E-state index < -0.39 is 41.7 Å². The summed E-state index contributed by atoms with van der Waals surface area (Å²) in [6.07, 6.45) is 0.560. The highest BCUT2D eigenvalue weighted by molar-refractivity contribution is 5.86. The molecule has 4 fully saturated rings. The van der Waals surface area contributed by atoms with Crippen molar-refractivity contribution in [3.05, 3.63) is 29.3 Å². The average Bonchev–Trinajstić information content (AvgIpc) is 3.76. The highest BCUT2D eigenvalue weighted by Crippen LogP contribution is 2.43. The number of carbonyl (C=O) groups is 3. The summed E-state index contributed by atoms with van der Waals surface area (Å²) in [4.78, 5) is 44.2. The van der Waals surface area contributed by atoms with E-state index in [1.54, 1.807) is 0 Å². The van der Waals surface area contributed by atoms with Crippen molar-refractivity contribution in [1.82, 2.24) is 14.7 Å². The minimum Gasteiger partial charge on any atom is -0.480 e. The zero-order chi connectivity index (χ0) is 32.5. The number of carboxylic acid groups (broad SMARTS) is 1. The molecule has 1 aromatic rings. The van der Waals surface area contributed by atoms with Crippen molar-refractivity contribution in [3.63, 3.8) is 0 Å². The molecular formula is C32H44F4N4O5. The summed E-state index contributed by atoms with van der Waals surface area (Å²) in [5.74, 6) is -3.02. The zero-order valence-corrected chi connectivity index (χ0v) is 26.0. The molecule has 0 aromatic heterocycles. The van der Waals surface area contributed by atoms with Crippen LogP contribution in [-0.4, -0.2) is 116 Å². The molecule has 45 heavy (non-hydrogen) atoms. The van der Waals surface area contributed by atoms with Gasteiger partial charge >= 0.3 is 12.1 Å². The summed E-state index contributed by atoms with van der Waals surface area (Å²) in [6, 6.07) is 3.97. The Morgan fingerprint density at radius 2 is 1.76 bits per heavy atom. The summed E-state index contributed by atoms with van der Waals surface area (Å²) in [5, 5.41) is 9.04.